The van der Waals surface area contributed by atoms with Crippen LogP contribution in [0, 0.1) is 13.8 Å². The Morgan fingerprint density at radius 2 is 2.24 bits per heavy atom. The molecule has 2 aromatic rings. The number of carbonyl (C=O) groups is 1. The quantitative estimate of drug-likeness (QED) is 0.915. The van der Waals surface area contributed by atoms with Crippen LogP contribution >= 0.6 is 0 Å². The molecule has 1 aliphatic heterocycles. The lowest BCUT2D eigenvalue weighted by atomic mass is 10.1. The van der Waals surface area contributed by atoms with Crippen molar-refractivity contribution in [1.82, 2.24) is 25.2 Å². The fourth-order valence-electron chi connectivity index (χ4n) is 2.77. The zero-order valence-electron chi connectivity index (χ0n) is 12.5. The summed E-state index contributed by atoms with van der Waals surface area (Å²) in [6.07, 6.45) is 2.33. The minimum absolute atomic E-state index is 0.0627. The van der Waals surface area contributed by atoms with Crippen molar-refractivity contribution in [3.63, 3.8) is 0 Å². The number of nitrogens with zero attached hydrogens (tertiary/aromatic N) is 4. The summed E-state index contributed by atoms with van der Waals surface area (Å²) in [5.74, 6) is 2.47. The second-order valence-electron chi connectivity index (χ2n) is 5.50. The molecule has 0 bridgehead atoms. The fraction of sp³-hybridized carbons (Fsp3) is 0.571. The Bertz CT molecular complexity index is 653. The number of amides is 1. The van der Waals surface area contributed by atoms with Crippen LogP contribution in [0.2, 0.25) is 0 Å². The maximum absolute atomic E-state index is 12.2. The number of aryl methyl sites for hydroxylation is 3. The molecule has 1 atom stereocenters. The van der Waals surface area contributed by atoms with Gasteiger partial charge in [0.15, 0.2) is 5.82 Å². The molecule has 112 valence electrons. The molecule has 0 spiro atoms. The van der Waals surface area contributed by atoms with Crippen LogP contribution in [-0.4, -0.2) is 25.8 Å². The molecule has 1 amide bonds. The first kappa shape index (κ1) is 13.8. The maximum Gasteiger partial charge on any atom is 0.225 e. The fourth-order valence-corrected chi connectivity index (χ4v) is 2.77. The van der Waals surface area contributed by atoms with Crippen LogP contribution in [0.25, 0.3) is 0 Å². The Morgan fingerprint density at radius 3 is 2.95 bits per heavy atom. The summed E-state index contributed by atoms with van der Waals surface area (Å²) in [4.78, 5) is 12.2. The van der Waals surface area contributed by atoms with E-state index in [0.717, 1.165) is 42.3 Å². The normalized spacial score (nSPS) is 15.0. The van der Waals surface area contributed by atoms with Crippen molar-refractivity contribution in [3.8, 4) is 0 Å². The minimum atomic E-state index is -0.155. The molecule has 0 aliphatic carbocycles. The molecule has 0 saturated carbocycles. The second-order valence-corrected chi connectivity index (χ2v) is 5.50. The number of nitrogens with one attached hydrogen (secondary N) is 1. The Labute approximate surface area is 122 Å². The zero-order valence-corrected chi connectivity index (χ0v) is 12.5. The van der Waals surface area contributed by atoms with E-state index in [1.807, 2.05) is 20.8 Å². The number of carbonyl (C=O) groups excluding carboxylic acids is 1. The van der Waals surface area contributed by atoms with Gasteiger partial charge in [0, 0.05) is 18.5 Å². The lowest BCUT2D eigenvalue weighted by Crippen LogP contribution is -2.30. The van der Waals surface area contributed by atoms with Crippen LogP contribution in [0.4, 0.5) is 0 Å². The Hall–Kier alpha value is -2.18. The Morgan fingerprint density at radius 1 is 1.43 bits per heavy atom. The van der Waals surface area contributed by atoms with Gasteiger partial charge in [-0.15, -0.1) is 10.2 Å². The van der Waals surface area contributed by atoms with Gasteiger partial charge in [0.25, 0.3) is 0 Å². The smallest absolute Gasteiger partial charge is 0.225 e. The maximum atomic E-state index is 12.2. The van der Waals surface area contributed by atoms with Crippen molar-refractivity contribution in [1.29, 1.82) is 0 Å². The third-order valence-corrected chi connectivity index (χ3v) is 3.92. The summed E-state index contributed by atoms with van der Waals surface area (Å²) < 4.78 is 7.18. The predicted octanol–water partition coefficient (Wildman–Crippen LogP) is 1.25. The van der Waals surface area contributed by atoms with Gasteiger partial charge >= 0.3 is 0 Å². The van der Waals surface area contributed by atoms with Crippen molar-refractivity contribution in [2.75, 3.05) is 0 Å². The molecule has 0 aromatic carbocycles. The topological polar surface area (TPSA) is 85.8 Å². The van der Waals surface area contributed by atoms with Gasteiger partial charge in [-0.1, -0.05) is 5.16 Å². The monoisotopic (exact) mass is 289 g/mol. The SMILES string of the molecule is Cc1noc(C)c1CC(=O)N[C@H](C)c1nnc2n1CCC2. The van der Waals surface area contributed by atoms with Crippen LogP contribution in [-0.2, 0) is 24.2 Å². The highest BCUT2D eigenvalue weighted by molar-refractivity contribution is 5.79. The molecule has 7 heteroatoms. The summed E-state index contributed by atoms with van der Waals surface area (Å²) in [6.45, 7) is 6.52. The summed E-state index contributed by atoms with van der Waals surface area (Å²) >= 11 is 0. The molecule has 1 N–H and O–H groups in total. The largest absolute Gasteiger partial charge is 0.361 e. The van der Waals surface area contributed by atoms with Gasteiger partial charge in [0.2, 0.25) is 5.91 Å². The summed E-state index contributed by atoms with van der Waals surface area (Å²) in [6, 6.07) is -0.155. The molecule has 0 saturated heterocycles. The molecule has 3 heterocycles. The number of hydrogen-bond acceptors (Lipinski definition) is 5. The highest BCUT2D eigenvalue weighted by Crippen LogP contribution is 2.19. The lowest BCUT2D eigenvalue weighted by Gasteiger charge is -2.13. The van der Waals surface area contributed by atoms with Crippen LogP contribution in [0.15, 0.2) is 4.52 Å². The van der Waals surface area contributed by atoms with E-state index in [-0.39, 0.29) is 18.4 Å². The van der Waals surface area contributed by atoms with Gasteiger partial charge < -0.3 is 14.4 Å². The first-order valence-corrected chi connectivity index (χ1v) is 7.19. The number of hydrogen-bond donors (Lipinski definition) is 1. The molecular weight excluding hydrogens is 270 g/mol. The molecule has 7 nitrogen and oxygen atoms in total. The molecule has 1 aliphatic rings. The van der Waals surface area contributed by atoms with Crippen molar-refractivity contribution in [3.05, 3.63) is 28.7 Å². The summed E-state index contributed by atoms with van der Waals surface area (Å²) in [7, 11) is 0. The van der Waals surface area contributed by atoms with Crippen molar-refractivity contribution >= 4 is 5.91 Å². The van der Waals surface area contributed by atoms with E-state index >= 15 is 0 Å². The van der Waals surface area contributed by atoms with Gasteiger partial charge in [-0.25, -0.2) is 0 Å². The standard InChI is InChI=1S/C14H19N5O2/c1-8-11(10(3)21-18-8)7-13(20)15-9(2)14-17-16-12-5-4-6-19(12)14/h9H,4-7H2,1-3H3,(H,15,20)/t9-/m1/s1. The Kier molecular flexibility index (Phi) is 3.48. The Balaban J connectivity index is 1.67. The molecule has 0 fully saturated rings. The van der Waals surface area contributed by atoms with Gasteiger partial charge in [0.05, 0.1) is 18.2 Å². The average molecular weight is 289 g/mol. The van der Waals surface area contributed by atoms with E-state index in [9.17, 15) is 4.79 Å². The summed E-state index contributed by atoms with van der Waals surface area (Å²) in [5, 5.41) is 15.2. The van der Waals surface area contributed by atoms with E-state index in [1.54, 1.807) is 0 Å². The van der Waals surface area contributed by atoms with Crippen LogP contribution in [0.5, 0.6) is 0 Å². The number of rotatable bonds is 4. The zero-order chi connectivity index (χ0) is 15.0. The van der Waals surface area contributed by atoms with E-state index in [4.69, 9.17) is 4.52 Å². The average Bonchev–Trinajstić information content (AvgIpc) is 3.09. The number of fused-ring (bicyclic) bond motifs is 1. The van der Waals surface area contributed by atoms with E-state index in [2.05, 4.69) is 25.2 Å². The van der Waals surface area contributed by atoms with Crippen LogP contribution in [0.3, 0.4) is 0 Å². The van der Waals surface area contributed by atoms with E-state index in [0.29, 0.717) is 5.76 Å². The first-order valence-electron chi connectivity index (χ1n) is 7.19. The van der Waals surface area contributed by atoms with Crippen molar-refractivity contribution in [2.24, 2.45) is 0 Å². The molecule has 0 unspecified atom stereocenters. The highest BCUT2D eigenvalue weighted by atomic mass is 16.5. The second kappa shape index (κ2) is 5.31. The third kappa shape index (κ3) is 2.55. The van der Waals surface area contributed by atoms with Crippen molar-refractivity contribution in [2.45, 2.75) is 52.6 Å². The molecular formula is C14H19N5O2. The molecule has 3 rings (SSSR count). The van der Waals surface area contributed by atoms with E-state index in [1.165, 1.54) is 0 Å². The van der Waals surface area contributed by atoms with Crippen LogP contribution in [0.1, 0.15) is 48.1 Å². The predicted molar refractivity (Wildman–Crippen MR) is 74.6 cm³/mol. The van der Waals surface area contributed by atoms with Gasteiger partial charge in [-0.05, 0) is 27.2 Å². The highest BCUT2D eigenvalue weighted by Gasteiger charge is 2.23. The number of aromatic nitrogens is 4. The molecule has 0 radical (unpaired) electrons. The molecule has 2 aromatic heterocycles. The van der Waals surface area contributed by atoms with Crippen LogP contribution < -0.4 is 5.32 Å². The van der Waals surface area contributed by atoms with Gasteiger partial charge in [-0.2, -0.15) is 0 Å². The van der Waals surface area contributed by atoms with Crippen molar-refractivity contribution < 1.29 is 9.32 Å². The van der Waals surface area contributed by atoms with Gasteiger partial charge in [0.1, 0.15) is 11.6 Å². The minimum Gasteiger partial charge on any atom is -0.361 e. The molecule has 21 heavy (non-hydrogen) atoms. The summed E-state index contributed by atoms with van der Waals surface area (Å²) in [5.41, 5.74) is 1.62. The first-order chi connectivity index (χ1) is 10.1. The third-order valence-electron chi connectivity index (χ3n) is 3.92. The van der Waals surface area contributed by atoms with Gasteiger partial charge in [-0.3, -0.25) is 4.79 Å². The van der Waals surface area contributed by atoms with E-state index < -0.39 is 0 Å². The lowest BCUT2D eigenvalue weighted by molar-refractivity contribution is -0.121.